The van der Waals surface area contributed by atoms with Gasteiger partial charge in [0, 0.05) is 5.56 Å². The first-order valence-corrected chi connectivity index (χ1v) is 4.71. The van der Waals surface area contributed by atoms with Crippen molar-refractivity contribution < 1.29 is 14.7 Å². The van der Waals surface area contributed by atoms with E-state index in [1.807, 2.05) is 0 Å². The quantitative estimate of drug-likeness (QED) is 0.772. The Hall–Kier alpha value is -1.64. The van der Waals surface area contributed by atoms with Gasteiger partial charge in [-0.05, 0) is 26.3 Å². The first-order valence-electron chi connectivity index (χ1n) is 4.71. The number of benzene rings is 1. The summed E-state index contributed by atoms with van der Waals surface area (Å²) in [4.78, 5) is 22.4. The highest BCUT2D eigenvalue weighted by molar-refractivity contribution is 5.98. The Morgan fingerprint density at radius 1 is 1.20 bits per heavy atom. The Labute approximate surface area is 88.7 Å². The second kappa shape index (κ2) is 3.85. The topological polar surface area (TPSA) is 54.4 Å². The molecule has 0 fully saturated rings. The highest BCUT2D eigenvalue weighted by atomic mass is 16.4. The molecule has 1 aromatic carbocycles. The second-order valence-electron chi connectivity index (χ2n) is 4.03. The van der Waals surface area contributed by atoms with E-state index in [0.29, 0.717) is 11.1 Å². The zero-order valence-corrected chi connectivity index (χ0v) is 9.07. The lowest BCUT2D eigenvalue weighted by atomic mass is 9.81. The third-order valence-corrected chi connectivity index (χ3v) is 2.51. The summed E-state index contributed by atoms with van der Waals surface area (Å²) in [5.41, 5.74) is -0.00248. The van der Waals surface area contributed by atoms with Crippen LogP contribution in [-0.4, -0.2) is 16.9 Å². The number of Topliss-reactive ketones (excluding diaryl/α,β-unsaturated/α-hetero) is 1. The molecule has 3 heteroatoms. The summed E-state index contributed by atoms with van der Waals surface area (Å²) in [7, 11) is 0. The lowest BCUT2D eigenvalue weighted by molar-refractivity contribution is -0.142. The van der Waals surface area contributed by atoms with Gasteiger partial charge in [-0.1, -0.05) is 24.3 Å². The Morgan fingerprint density at radius 2 is 1.73 bits per heavy atom. The van der Waals surface area contributed by atoms with E-state index >= 15 is 0 Å². The molecule has 0 spiro atoms. The zero-order chi connectivity index (χ0) is 11.6. The minimum atomic E-state index is -1.04. The number of ketones is 1. The van der Waals surface area contributed by atoms with Gasteiger partial charge in [0.05, 0.1) is 5.41 Å². The molecule has 15 heavy (non-hydrogen) atoms. The van der Waals surface area contributed by atoms with Crippen molar-refractivity contribution in [2.75, 3.05) is 0 Å². The van der Waals surface area contributed by atoms with Gasteiger partial charge in [-0.3, -0.25) is 9.59 Å². The lowest BCUT2D eigenvalue weighted by Gasteiger charge is -2.21. The van der Waals surface area contributed by atoms with Crippen molar-refractivity contribution >= 4 is 11.8 Å². The number of hydrogen-bond donors (Lipinski definition) is 1. The van der Waals surface area contributed by atoms with Crippen molar-refractivity contribution in [3.05, 3.63) is 35.4 Å². The third kappa shape index (κ3) is 2.06. The Balaban J connectivity index is 3.37. The largest absolute Gasteiger partial charge is 0.481 e. The van der Waals surface area contributed by atoms with Gasteiger partial charge in [0.25, 0.3) is 0 Å². The maximum absolute atomic E-state index is 11.3. The summed E-state index contributed by atoms with van der Waals surface area (Å²) in [6.45, 7) is 4.63. The van der Waals surface area contributed by atoms with E-state index in [1.54, 1.807) is 38.1 Å². The molecule has 1 N–H and O–H groups in total. The van der Waals surface area contributed by atoms with Gasteiger partial charge in [0.15, 0.2) is 5.78 Å². The molecule has 0 aromatic heterocycles. The molecular formula is C12H14O3. The molecular weight excluding hydrogens is 192 g/mol. The van der Waals surface area contributed by atoms with Gasteiger partial charge >= 0.3 is 5.97 Å². The van der Waals surface area contributed by atoms with E-state index in [-0.39, 0.29) is 5.78 Å². The summed E-state index contributed by atoms with van der Waals surface area (Å²) in [6, 6.07) is 6.82. The van der Waals surface area contributed by atoms with Crippen molar-refractivity contribution in [3.8, 4) is 0 Å². The van der Waals surface area contributed by atoms with Gasteiger partial charge in [-0.25, -0.2) is 0 Å². The summed E-state index contributed by atoms with van der Waals surface area (Å²) < 4.78 is 0. The number of carbonyl (C=O) groups is 2. The zero-order valence-electron chi connectivity index (χ0n) is 9.07. The second-order valence-corrected chi connectivity index (χ2v) is 4.03. The van der Waals surface area contributed by atoms with Gasteiger partial charge in [-0.15, -0.1) is 0 Å². The molecule has 0 heterocycles. The standard InChI is InChI=1S/C12H14O3/c1-8(13)9-6-4-5-7-10(9)12(2,3)11(14)15/h4-7H,1-3H3,(H,14,15). The molecule has 0 unspecified atom stereocenters. The lowest BCUT2D eigenvalue weighted by Crippen LogP contribution is -2.30. The van der Waals surface area contributed by atoms with Crippen LogP contribution in [0.5, 0.6) is 0 Å². The molecule has 3 nitrogen and oxygen atoms in total. The third-order valence-electron chi connectivity index (χ3n) is 2.51. The van der Waals surface area contributed by atoms with Crippen molar-refractivity contribution in [2.45, 2.75) is 26.2 Å². The molecule has 80 valence electrons. The predicted octanol–water partition coefficient (Wildman–Crippen LogP) is 2.25. The minimum Gasteiger partial charge on any atom is -0.481 e. The van der Waals surface area contributed by atoms with Crippen molar-refractivity contribution in [1.82, 2.24) is 0 Å². The number of rotatable bonds is 3. The molecule has 0 saturated carbocycles. The van der Waals surface area contributed by atoms with Crippen molar-refractivity contribution in [1.29, 1.82) is 0 Å². The van der Waals surface area contributed by atoms with Crippen LogP contribution in [0.25, 0.3) is 0 Å². The van der Waals surface area contributed by atoms with E-state index < -0.39 is 11.4 Å². The van der Waals surface area contributed by atoms with E-state index in [1.165, 1.54) is 6.92 Å². The van der Waals surface area contributed by atoms with Gasteiger partial charge in [0.2, 0.25) is 0 Å². The first-order chi connectivity index (χ1) is 6.87. The molecule has 0 amide bonds. The van der Waals surface area contributed by atoms with Crippen molar-refractivity contribution in [2.24, 2.45) is 0 Å². The van der Waals surface area contributed by atoms with Crippen LogP contribution < -0.4 is 0 Å². The Morgan fingerprint density at radius 3 is 2.20 bits per heavy atom. The average molecular weight is 206 g/mol. The SMILES string of the molecule is CC(=O)c1ccccc1C(C)(C)C(=O)O. The molecule has 0 bridgehead atoms. The number of hydrogen-bond acceptors (Lipinski definition) is 2. The number of carboxylic acid groups (broad SMARTS) is 1. The Bertz CT molecular complexity index is 405. The van der Waals surface area contributed by atoms with Crippen LogP contribution in [0, 0.1) is 0 Å². The normalized spacial score (nSPS) is 11.1. The predicted molar refractivity (Wildman–Crippen MR) is 57.1 cm³/mol. The maximum Gasteiger partial charge on any atom is 0.313 e. The van der Waals surface area contributed by atoms with Gasteiger partial charge < -0.3 is 5.11 Å². The fraction of sp³-hybridized carbons (Fsp3) is 0.333. The molecule has 0 aliphatic heterocycles. The number of aliphatic carboxylic acids is 1. The smallest absolute Gasteiger partial charge is 0.313 e. The van der Waals surface area contributed by atoms with Crippen LogP contribution in [0.2, 0.25) is 0 Å². The van der Waals surface area contributed by atoms with Crippen molar-refractivity contribution in [3.63, 3.8) is 0 Å². The summed E-state index contributed by atoms with van der Waals surface area (Å²) >= 11 is 0. The van der Waals surface area contributed by atoms with Crippen LogP contribution in [0.3, 0.4) is 0 Å². The molecule has 1 aromatic rings. The summed E-state index contributed by atoms with van der Waals surface area (Å²) in [6.07, 6.45) is 0. The molecule has 0 radical (unpaired) electrons. The monoisotopic (exact) mass is 206 g/mol. The molecule has 0 aliphatic carbocycles. The molecule has 1 rings (SSSR count). The van der Waals surface area contributed by atoms with E-state index in [2.05, 4.69) is 0 Å². The van der Waals surface area contributed by atoms with E-state index in [4.69, 9.17) is 5.11 Å². The molecule has 0 saturated heterocycles. The fourth-order valence-electron chi connectivity index (χ4n) is 1.45. The first kappa shape index (κ1) is 11.4. The van der Waals surface area contributed by atoms with Gasteiger partial charge in [0.1, 0.15) is 0 Å². The minimum absolute atomic E-state index is 0.111. The van der Waals surface area contributed by atoms with Crippen LogP contribution >= 0.6 is 0 Å². The Kier molecular flexibility index (Phi) is 2.93. The number of carboxylic acids is 1. The van der Waals surface area contributed by atoms with E-state index in [9.17, 15) is 9.59 Å². The molecule has 0 atom stereocenters. The maximum atomic E-state index is 11.3. The summed E-state index contributed by atoms with van der Waals surface area (Å²) in [5, 5.41) is 9.09. The van der Waals surface area contributed by atoms with Crippen LogP contribution in [0.1, 0.15) is 36.7 Å². The highest BCUT2D eigenvalue weighted by Gasteiger charge is 2.32. The van der Waals surface area contributed by atoms with Crippen LogP contribution in [-0.2, 0) is 10.2 Å². The van der Waals surface area contributed by atoms with Gasteiger partial charge in [-0.2, -0.15) is 0 Å². The molecule has 0 aliphatic rings. The average Bonchev–Trinajstić information content (AvgIpc) is 2.17. The highest BCUT2D eigenvalue weighted by Crippen LogP contribution is 2.26. The van der Waals surface area contributed by atoms with E-state index in [0.717, 1.165) is 0 Å². The number of carbonyl (C=O) groups excluding carboxylic acids is 1. The van der Waals surface area contributed by atoms with Crippen LogP contribution in [0.4, 0.5) is 0 Å². The summed E-state index contributed by atoms with van der Waals surface area (Å²) in [5.74, 6) is -1.05. The fourth-order valence-corrected chi connectivity index (χ4v) is 1.45. The van der Waals surface area contributed by atoms with Crippen LogP contribution in [0.15, 0.2) is 24.3 Å².